The lowest BCUT2D eigenvalue weighted by Gasteiger charge is -2.13. The minimum atomic E-state index is -0.259. The molecule has 1 aromatic heterocycles. The molecule has 1 heterocycles. The second-order valence-corrected chi connectivity index (χ2v) is 6.38. The van der Waals surface area contributed by atoms with E-state index in [1.165, 1.54) is 17.0 Å². The molecule has 1 aromatic carbocycles. The van der Waals surface area contributed by atoms with Crippen molar-refractivity contribution in [3.63, 3.8) is 0 Å². The molecule has 0 aliphatic rings. The third-order valence-corrected chi connectivity index (χ3v) is 5.09. The molecule has 1 nitrogen and oxygen atoms in total. The molecule has 0 aliphatic carbocycles. The summed E-state index contributed by atoms with van der Waals surface area (Å²) in [4.78, 5) is 1.20. The molecule has 0 amide bonds. The molecule has 1 unspecified atom stereocenters. The van der Waals surface area contributed by atoms with Gasteiger partial charge in [0.15, 0.2) is 0 Å². The molecule has 2 N–H and O–H groups in total. The molecule has 1 atom stereocenters. The number of hydrogen-bond donors (Lipinski definition) is 1. The second-order valence-electron chi connectivity index (χ2n) is 3.67. The molecular formula is C12H10Br2FNS. The zero-order valence-corrected chi connectivity index (χ0v) is 12.8. The first-order chi connectivity index (χ1) is 8.08. The monoisotopic (exact) mass is 377 g/mol. The van der Waals surface area contributed by atoms with Gasteiger partial charge in [-0.1, -0.05) is 22.0 Å². The first-order valence-electron chi connectivity index (χ1n) is 5.00. The first kappa shape index (κ1) is 13.2. The maximum absolute atomic E-state index is 13.0. The van der Waals surface area contributed by atoms with Crippen LogP contribution in [0.25, 0.3) is 0 Å². The fourth-order valence-corrected chi connectivity index (χ4v) is 3.80. The molecule has 0 saturated heterocycles. The molecule has 0 saturated carbocycles. The number of thiophene rings is 1. The van der Waals surface area contributed by atoms with Gasteiger partial charge in [0, 0.05) is 26.3 Å². The highest BCUT2D eigenvalue weighted by molar-refractivity contribution is 9.10. The topological polar surface area (TPSA) is 26.0 Å². The van der Waals surface area contributed by atoms with E-state index in [0.717, 1.165) is 20.9 Å². The van der Waals surface area contributed by atoms with Gasteiger partial charge in [-0.3, -0.25) is 0 Å². The van der Waals surface area contributed by atoms with Crippen molar-refractivity contribution < 1.29 is 4.39 Å². The van der Waals surface area contributed by atoms with Gasteiger partial charge in [-0.25, -0.2) is 4.39 Å². The molecule has 0 radical (unpaired) electrons. The van der Waals surface area contributed by atoms with E-state index in [0.29, 0.717) is 0 Å². The molecule has 5 heteroatoms. The zero-order valence-electron chi connectivity index (χ0n) is 8.79. The van der Waals surface area contributed by atoms with Crippen molar-refractivity contribution in [3.8, 4) is 0 Å². The highest BCUT2D eigenvalue weighted by Gasteiger charge is 2.13. The van der Waals surface area contributed by atoms with E-state index < -0.39 is 0 Å². The molecular weight excluding hydrogens is 369 g/mol. The Morgan fingerprint density at radius 3 is 2.59 bits per heavy atom. The zero-order chi connectivity index (χ0) is 12.4. The molecule has 90 valence electrons. The van der Waals surface area contributed by atoms with Crippen molar-refractivity contribution >= 4 is 43.2 Å². The Hall–Kier alpha value is -0.230. The molecule has 0 spiro atoms. The van der Waals surface area contributed by atoms with E-state index in [1.54, 1.807) is 17.4 Å². The summed E-state index contributed by atoms with van der Waals surface area (Å²) >= 11 is 8.49. The first-order valence-corrected chi connectivity index (χ1v) is 7.47. The molecule has 17 heavy (non-hydrogen) atoms. The number of nitrogens with two attached hydrogens (primary N) is 1. The van der Waals surface area contributed by atoms with Crippen LogP contribution in [0.2, 0.25) is 0 Å². The molecule has 0 aliphatic heterocycles. The Morgan fingerprint density at radius 2 is 2.00 bits per heavy atom. The van der Waals surface area contributed by atoms with Gasteiger partial charge in [0.1, 0.15) is 5.82 Å². The van der Waals surface area contributed by atoms with E-state index >= 15 is 0 Å². The normalized spacial score (nSPS) is 12.7. The van der Waals surface area contributed by atoms with Crippen molar-refractivity contribution in [2.24, 2.45) is 5.73 Å². The van der Waals surface area contributed by atoms with E-state index in [9.17, 15) is 4.39 Å². The van der Waals surface area contributed by atoms with Crippen molar-refractivity contribution in [1.82, 2.24) is 0 Å². The van der Waals surface area contributed by atoms with Crippen molar-refractivity contribution in [2.75, 3.05) is 0 Å². The van der Waals surface area contributed by atoms with Gasteiger partial charge in [-0.2, -0.15) is 0 Å². The van der Waals surface area contributed by atoms with Crippen LogP contribution in [0.1, 0.15) is 16.5 Å². The fourth-order valence-electron chi connectivity index (χ4n) is 1.58. The van der Waals surface area contributed by atoms with Gasteiger partial charge in [-0.05, 0) is 45.1 Å². The SMILES string of the molecule is NC(Cc1sccc1Br)c1ccc(F)cc1Br. The lowest BCUT2D eigenvalue weighted by atomic mass is 10.0. The number of rotatable bonds is 3. The van der Waals surface area contributed by atoms with Crippen molar-refractivity contribution in [2.45, 2.75) is 12.5 Å². The average molecular weight is 379 g/mol. The summed E-state index contributed by atoms with van der Waals surface area (Å²) in [5.41, 5.74) is 7.06. The number of halogens is 3. The predicted octanol–water partition coefficient (Wildman–Crippen LogP) is 4.65. The van der Waals surface area contributed by atoms with E-state index in [2.05, 4.69) is 31.9 Å². The Morgan fingerprint density at radius 1 is 1.24 bits per heavy atom. The number of benzene rings is 1. The van der Waals surface area contributed by atoms with Crippen LogP contribution in [0.4, 0.5) is 4.39 Å². The lowest BCUT2D eigenvalue weighted by Crippen LogP contribution is -2.13. The Labute approximate surface area is 120 Å². The summed E-state index contributed by atoms with van der Waals surface area (Å²) in [7, 11) is 0. The van der Waals surface area contributed by atoms with Gasteiger partial charge >= 0.3 is 0 Å². The van der Waals surface area contributed by atoms with Crippen LogP contribution >= 0.6 is 43.2 Å². The molecule has 0 fully saturated rings. The van der Waals surface area contributed by atoms with Gasteiger partial charge in [0.25, 0.3) is 0 Å². The van der Waals surface area contributed by atoms with Crippen LogP contribution in [0.15, 0.2) is 38.6 Å². The standard InChI is InChI=1S/C12H10Br2FNS/c13-9-3-4-17-12(9)6-11(16)8-2-1-7(15)5-10(8)14/h1-5,11H,6,16H2. The summed E-state index contributed by atoms with van der Waals surface area (Å²) in [6.45, 7) is 0. The Balaban J connectivity index is 2.20. The highest BCUT2D eigenvalue weighted by atomic mass is 79.9. The average Bonchev–Trinajstić information content (AvgIpc) is 2.64. The van der Waals surface area contributed by atoms with E-state index in [1.807, 2.05) is 11.4 Å². The molecule has 0 bridgehead atoms. The highest BCUT2D eigenvalue weighted by Crippen LogP contribution is 2.30. The van der Waals surface area contributed by atoms with Gasteiger partial charge < -0.3 is 5.73 Å². The van der Waals surface area contributed by atoms with Crippen LogP contribution in [-0.2, 0) is 6.42 Å². The minimum Gasteiger partial charge on any atom is -0.324 e. The van der Waals surface area contributed by atoms with Crippen molar-refractivity contribution in [3.05, 3.63) is 54.8 Å². The summed E-state index contributed by atoms with van der Waals surface area (Å²) in [5, 5.41) is 2.02. The summed E-state index contributed by atoms with van der Waals surface area (Å²) in [6, 6.07) is 6.47. The fraction of sp³-hybridized carbons (Fsp3) is 0.167. The van der Waals surface area contributed by atoms with Crippen molar-refractivity contribution in [1.29, 1.82) is 0 Å². The van der Waals surface area contributed by atoms with Crippen LogP contribution in [0, 0.1) is 5.82 Å². The van der Waals surface area contributed by atoms with Gasteiger partial charge in [0.05, 0.1) is 0 Å². The van der Waals surface area contributed by atoms with Crippen LogP contribution in [0.3, 0.4) is 0 Å². The quantitative estimate of drug-likeness (QED) is 0.826. The minimum absolute atomic E-state index is 0.139. The Kier molecular flexibility index (Phi) is 4.36. The van der Waals surface area contributed by atoms with Crippen LogP contribution < -0.4 is 5.73 Å². The van der Waals surface area contributed by atoms with Crippen LogP contribution in [0.5, 0.6) is 0 Å². The van der Waals surface area contributed by atoms with Crippen LogP contribution in [-0.4, -0.2) is 0 Å². The summed E-state index contributed by atoms with van der Waals surface area (Å²) in [5.74, 6) is -0.259. The largest absolute Gasteiger partial charge is 0.324 e. The summed E-state index contributed by atoms with van der Waals surface area (Å²) in [6.07, 6.45) is 0.739. The second kappa shape index (κ2) is 5.61. The number of hydrogen-bond acceptors (Lipinski definition) is 2. The molecule has 2 rings (SSSR count). The maximum atomic E-state index is 13.0. The maximum Gasteiger partial charge on any atom is 0.124 e. The smallest absolute Gasteiger partial charge is 0.124 e. The third kappa shape index (κ3) is 3.16. The van der Waals surface area contributed by atoms with E-state index in [4.69, 9.17) is 5.73 Å². The Bertz CT molecular complexity index is 527. The molecule has 2 aromatic rings. The third-order valence-electron chi connectivity index (χ3n) is 2.46. The van der Waals surface area contributed by atoms with Gasteiger partial charge in [0.2, 0.25) is 0 Å². The summed E-state index contributed by atoms with van der Waals surface area (Å²) < 4.78 is 14.8. The predicted molar refractivity (Wildman–Crippen MR) is 76.8 cm³/mol. The van der Waals surface area contributed by atoms with E-state index in [-0.39, 0.29) is 11.9 Å². The van der Waals surface area contributed by atoms with Gasteiger partial charge in [-0.15, -0.1) is 11.3 Å². The lowest BCUT2D eigenvalue weighted by molar-refractivity contribution is 0.623.